The van der Waals surface area contributed by atoms with Crippen LogP contribution in [0.2, 0.25) is 0 Å². The van der Waals surface area contributed by atoms with Gasteiger partial charge in [-0.3, -0.25) is 4.90 Å². The zero-order valence-electron chi connectivity index (χ0n) is 12.8. The summed E-state index contributed by atoms with van der Waals surface area (Å²) in [4.78, 5) is 8.69. The summed E-state index contributed by atoms with van der Waals surface area (Å²) in [5.41, 5.74) is -0.683. The highest BCUT2D eigenvalue weighted by atomic mass is 19.4. The van der Waals surface area contributed by atoms with Gasteiger partial charge in [-0.05, 0) is 51.3 Å². The van der Waals surface area contributed by atoms with E-state index in [2.05, 4.69) is 21.7 Å². The van der Waals surface area contributed by atoms with Crippen molar-refractivity contribution >= 4 is 5.82 Å². The van der Waals surface area contributed by atoms with E-state index in [0.717, 1.165) is 38.2 Å². The lowest BCUT2D eigenvalue weighted by atomic mass is 10.0. The Morgan fingerprint density at radius 2 is 1.82 bits per heavy atom. The first-order valence-electron chi connectivity index (χ1n) is 7.99. The Labute approximate surface area is 129 Å². The quantitative estimate of drug-likeness (QED) is 0.832. The average molecular weight is 313 g/mol. The predicted molar refractivity (Wildman–Crippen MR) is 79.9 cm³/mol. The van der Waals surface area contributed by atoms with Crippen molar-refractivity contribution in [2.24, 2.45) is 0 Å². The molecular weight excluding hydrogens is 291 g/mol. The van der Waals surface area contributed by atoms with Crippen LogP contribution >= 0.6 is 0 Å². The maximum Gasteiger partial charge on any atom is 0.417 e. The van der Waals surface area contributed by atoms with E-state index >= 15 is 0 Å². The fourth-order valence-corrected chi connectivity index (χ4v) is 3.67. The molecule has 3 heterocycles. The van der Waals surface area contributed by atoms with E-state index in [1.54, 1.807) is 0 Å². The van der Waals surface area contributed by atoms with Crippen molar-refractivity contribution < 1.29 is 13.2 Å². The number of rotatable bonds is 2. The molecule has 3 rings (SSSR count). The summed E-state index contributed by atoms with van der Waals surface area (Å²) in [6.07, 6.45) is 1.30. The van der Waals surface area contributed by atoms with E-state index in [1.165, 1.54) is 25.5 Å². The van der Waals surface area contributed by atoms with Crippen LogP contribution in [0.15, 0.2) is 18.3 Å². The second-order valence-corrected chi connectivity index (χ2v) is 6.35. The molecule has 1 aromatic heterocycles. The Morgan fingerprint density at radius 1 is 1.09 bits per heavy atom. The molecule has 2 aliphatic rings. The first kappa shape index (κ1) is 15.6. The molecule has 0 spiro atoms. The highest BCUT2D eigenvalue weighted by molar-refractivity contribution is 5.40. The summed E-state index contributed by atoms with van der Waals surface area (Å²) in [6, 6.07) is 3.89. The van der Waals surface area contributed by atoms with Crippen molar-refractivity contribution in [3.63, 3.8) is 0 Å². The van der Waals surface area contributed by atoms with E-state index < -0.39 is 11.7 Å². The predicted octanol–water partition coefficient (Wildman–Crippen LogP) is 3.55. The summed E-state index contributed by atoms with van der Waals surface area (Å²) < 4.78 is 37.7. The van der Waals surface area contributed by atoms with Gasteiger partial charge in [-0.2, -0.15) is 13.2 Å². The van der Waals surface area contributed by atoms with E-state index in [-0.39, 0.29) is 0 Å². The molecule has 2 saturated heterocycles. The summed E-state index contributed by atoms with van der Waals surface area (Å²) in [5.74, 6) is 0.654. The Kier molecular flexibility index (Phi) is 4.30. The van der Waals surface area contributed by atoms with Crippen LogP contribution in [0.4, 0.5) is 19.0 Å². The van der Waals surface area contributed by atoms with Gasteiger partial charge in [0.15, 0.2) is 0 Å². The largest absolute Gasteiger partial charge is 0.417 e. The van der Waals surface area contributed by atoms with Crippen LogP contribution < -0.4 is 4.90 Å². The number of likely N-dealkylation sites (tertiary alicyclic amines) is 1. The smallest absolute Gasteiger partial charge is 0.357 e. The van der Waals surface area contributed by atoms with Crippen molar-refractivity contribution in [3.05, 3.63) is 23.9 Å². The Balaban J connectivity index is 1.59. The molecule has 1 atom stereocenters. The van der Waals surface area contributed by atoms with Gasteiger partial charge < -0.3 is 4.90 Å². The lowest BCUT2D eigenvalue weighted by Gasteiger charge is -2.39. The number of pyridine rings is 1. The van der Waals surface area contributed by atoms with E-state index in [9.17, 15) is 13.2 Å². The summed E-state index contributed by atoms with van der Waals surface area (Å²) in [7, 11) is 0. The van der Waals surface area contributed by atoms with Gasteiger partial charge in [0.05, 0.1) is 5.56 Å². The first-order valence-corrected chi connectivity index (χ1v) is 7.99. The third-order valence-electron chi connectivity index (χ3n) is 4.94. The summed E-state index contributed by atoms with van der Waals surface area (Å²) in [5, 5.41) is 0. The normalized spacial score (nSPS) is 24.9. The van der Waals surface area contributed by atoms with E-state index in [4.69, 9.17) is 0 Å². The molecule has 0 bridgehead atoms. The molecule has 1 aromatic rings. The average Bonchev–Trinajstić information content (AvgIpc) is 2.93. The van der Waals surface area contributed by atoms with Crippen LogP contribution in [0, 0.1) is 0 Å². The van der Waals surface area contributed by atoms with Crippen molar-refractivity contribution in [2.75, 3.05) is 24.5 Å². The van der Waals surface area contributed by atoms with Crippen molar-refractivity contribution in [3.8, 4) is 0 Å². The molecule has 2 fully saturated rings. The van der Waals surface area contributed by atoms with Crippen molar-refractivity contribution in [2.45, 2.75) is 50.9 Å². The minimum absolute atomic E-state index is 0.614. The van der Waals surface area contributed by atoms with E-state index in [0.29, 0.717) is 17.9 Å². The van der Waals surface area contributed by atoms with Crippen LogP contribution in [0.5, 0.6) is 0 Å². The van der Waals surface area contributed by atoms with Crippen LogP contribution in [0.1, 0.15) is 38.2 Å². The maximum atomic E-state index is 12.6. The second kappa shape index (κ2) is 6.07. The minimum atomic E-state index is -4.32. The highest BCUT2D eigenvalue weighted by Gasteiger charge is 2.32. The molecule has 1 unspecified atom stereocenters. The van der Waals surface area contributed by atoms with Gasteiger partial charge in [-0.25, -0.2) is 4.98 Å². The number of anilines is 1. The van der Waals surface area contributed by atoms with Crippen LogP contribution in [0.3, 0.4) is 0 Å². The third-order valence-corrected chi connectivity index (χ3v) is 4.94. The Bertz CT molecular complexity index is 492. The Morgan fingerprint density at radius 3 is 2.32 bits per heavy atom. The molecule has 0 radical (unpaired) electrons. The number of nitrogens with zero attached hydrogens (tertiary/aromatic N) is 3. The topological polar surface area (TPSA) is 19.4 Å². The number of halogens is 3. The fourth-order valence-electron chi connectivity index (χ4n) is 3.67. The molecule has 122 valence electrons. The van der Waals surface area contributed by atoms with Crippen molar-refractivity contribution in [1.82, 2.24) is 9.88 Å². The lowest BCUT2D eigenvalue weighted by molar-refractivity contribution is -0.137. The molecule has 2 aliphatic heterocycles. The van der Waals surface area contributed by atoms with Gasteiger partial charge in [0.2, 0.25) is 0 Å². The van der Waals surface area contributed by atoms with Gasteiger partial charge in [-0.1, -0.05) is 0 Å². The van der Waals surface area contributed by atoms with Gasteiger partial charge >= 0.3 is 6.18 Å². The number of hydrogen-bond acceptors (Lipinski definition) is 3. The Hall–Kier alpha value is -1.30. The highest BCUT2D eigenvalue weighted by Crippen LogP contribution is 2.31. The minimum Gasteiger partial charge on any atom is -0.357 e. The molecule has 0 saturated carbocycles. The molecule has 0 aromatic carbocycles. The SMILES string of the molecule is CC1CCCN1C1CCN(c2ccc(C(F)(F)F)cn2)CC1. The number of alkyl halides is 3. The standard InChI is InChI=1S/C16H22F3N3/c1-12-3-2-8-22(12)14-6-9-21(10-7-14)15-5-4-13(11-20-15)16(17,18)19/h4-5,11-12,14H,2-3,6-10H2,1H3. The van der Waals surface area contributed by atoms with Crippen LogP contribution in [-0.4, -0.2) is 41.6 Å². The van der Waals surface area contributed by atoms with Crippen LogP contribution in [0.25, 0.3) is 0 Å². The van der Waals surface area contributed by atoms with Gasteiger partial charge in [0.1, 0.15) is 5.82 Å². The first-order chi connectivity index (χ1) is 10.4. The molecule has 3 nitrogen and oxygen atoms in total. The molecule has 22 heavy (non-hydrogen) atoms. The van der Waals surface area contributed by atoms with Crippen LogP contribution in [-0.2, 0) is 6.18 Å². The van der Waals surface area contributed by atoms with Gasteiger partial charge in [0.25, 0.3) is 0 Å². The third kappa shape index (κ3) is 3.21. The molecule has 6 heteroatoms. The zero-order valence-corrected chi connectivity index (χ0v) is 12.8. The lowest BCUT2D eigenvalue weighted by Crippen LogP contribution is -2.46. The molecular formula is C16H22F3N3. The van der Waals surface area contributed by atoms with Gasteiger partial charge in [0, 0.05) is 31.4 Å². The molecule has 0 amide bonds. The molecule has 0 N–H and O–H groups in total. The maximum absolute atomic E-state index is 12.6. The summed E-state index contributed by atoms with van der Waals surface area (Å²) in [6.45, 7) is 5.21. The fraction of sp³-hybridized carbons (Fsp3) is 0.688. The summed E-state index contributed by atoms with van der Waals surface area (Å²) >= 11 is 0. The number of hydrogen-bond donors (Lipinski definition) is 0. The van der Waals surface area contributed by atoms with Crippen molar-refractivity contribution in [1.29, 1.82) is 0 Å². The molecule has 0 aliphatic carbocycles. The number of aromatic nitrogens is 1. The number of piperidine rings is 1. The van der Waals surface area contributed by atoms with Gasteiger partial charge in [-0.15, -0.1) is 0 Å². The second-order valence-electron chi connectivity index (χ2n) is 6.35. The zero-order chi connectivity index (χ0) is 15.7. The van der Waals surface area contributed by atoms with E-state index in [1.807, 2.05) is 0 Å². The monoisotopic (exact) mass is 313 g/mol.